The van der Waals surface area contributed by atoms with Crippen LogP contribution in [0.15, 0.2) is 72.8 Å². The van der Waals surface area contributed by atoms with Crippen molar-refractivity contribution in [3.05, 3.63) is 89.3 Å². The molecule has 0 spiro atoms. The number of aromatic amines is 1. The molecular weight excluding hydrogens is 434 g/mol. The third-order valence-electron chi connectivity index (χ3n) is 5.57. The van der Waals surface area contributed by atoms with Gasteiger partial charge in [0.25, 0.3) is 0 Å². The van der Waals surface area contributed by atoms with E-state index in [0.717, 1.165) is 21.4 Å². The Hall–Kier alpha value is -4.79. The zero-order valence-electron chi connectivity index (χ0n) is 18.1. The molecule has 0 radical (unpaired) electrons. The van der Waals surface area contributed by atoms with Crippen LogP contribution in [0.5, 0.6) is 11.5 Å². The number of ether oxygens (including phenoxy) is 1. The Bertz CT molecular complexity index is 1500. The summed E-state index contributed by atoms with van der Waals surface area (Å²) < 4.78 is 6.78. The van der Waals surface area contributed by atoms with E-state index < -0.39 is 5.97 Å². The molecule has 168 valence electrons. The Morgan fingerprint density at radius 3 is 2.41 bits per heavy atom. The van der Waals surface area contributed by atoms with Crippen LogP contribution in [0.4, 0.5) is 0 Å². The van der Waals surface area contributed by atoms with Crippen molar-refractivity contribution in [3.8, 4) is 34.0 Å². The number of rotatable bonds is 6. The molecule has 0 unspecified atom stereocenters. The molecule has 2 aromatic heterocycles. The maximum atomic E-state index is 13.0. The molecule has 0 amide bonds. The van der Waals surface area contributed by atoms with Crippen LogP contribution in [0.3, 0.4) is 0 Å². The van der Waals surface area contributed by atoms with Crippen molar-refractivity contribution in [2.45, 2.75) is 13.3 Å². The molecule has 0 bridgehead atoms. The normalized spacial score (nSPS) is 11.0. The van der Waals surface area contributed by atoms with Crippen molar-refractivity contribution < 1.29 is 19.4 Å². The van der Waals surface area contributed by atoms with E-state index in [-0.39, 0.29) is 22.5 Å². The van der Waals surface area contributed by atoms with Crippen LogP contribution >= 0.6 is 0 Å². The fourth-order valence-electron chi connectivity index (χ4n) is 4.02. The lowest BCUT2D eigenvalue weighted by Crippen LogP contribution is -2.34. The number of aromatic carboxylic acids is 1. The lowest BCUT2D eigenvalue weighted by atomic mass is 9.99. The van der Waals surface area contributed by atoms with Crippen LogP contribution in [0, 0.1) is 5.21 Å². The van der Waals surface area contributed by atoms with Gasteiger partial charge in [0.2, 0.25) is 22.8 Å². The van der Waals surface area contributed by atoms with Gasteiger partial charge in [0.15, 0.2) is 0 Å². The first kappa shape index (κ1) is 21.1. The average molecular weight is 453 g/mol. The summed E-state index contributed by atoms with van der Waals surface area (Å²) in [5, 5.41) is 37.5. The molecule has 34 heavy (non-hydrogen) atoms. The zero-order chi connectivity index (χ0) is 23.7. The minimum absolute atomic E-state index is 0.0360. The number of pyridine rings is 1. The quantitative estimate of drug-likeness (QED) is 0.288. The SMILES string of the molecule is CCc1c(Oc2ccc(-c3ccccc3-c3nn[nH]n3)cc2)c(C(=O)O)c2ccccc2[n+]1[O-]. The number of carboxylic acids is 1. The lowest BCUT2D eigenvalue weighted by molar-refractivity contribution is -0.586. The molecule has 0 aliphatic carbocycles. The molecule has 0 saturated heterocycles. The zero-order valence-corrected chi connectivity index (χ0v) is 18.1. The Balaban J connectivity index is 1.57. The number of carbonyl (C=O) groups is 1. The number of nitrogens with one attached hydrogen (secondary N) is 1. The number of hydrogen-bond donors (Lipinski definition) is 2. The molecule has 5 aromatic rings. The number of aromatic nitrogens is 5. The summed E-state index contributed by atoms with van der Waals surface area (Å²) >= 11 is 0. The summed E-state index contributed by atoms with van der Waals surface area (Å²) in [7, 11) is 0. The van der Waals surface area contributed by atoms with Gasteiger partial charge in [-0.1, -0.05) is 55.5 Å². The van der Waals surface area contributed by atoms with E-state index in [4.69, 9.17) is 4.74 Å². The highest BCUT2D eigenvalue weighted by Gasteiger charge is 2.28. The second kappa shape index (κ2) is 8.62. The standard InChI is InChI=1S/C25H19N5O4/c1-2-20-23(22(25(31)32)19-9-5-6-10-21(19)30(20)33)34-16-13-11-15(12-14-16)17-7-3-4-8-18(17)24-26-28-29-27-24/h3-14H,2H2,1H3,(H,31,32)(H,26,27,28,29). The summed E-state index contributed by atoms with van der Waals surface area (Å²) in [6.07, 6.45) is 0.306. The molecule has 9 nitrogen and oxygen atoms in total. The van der Waals surface area contributed by atoms with Crippen molar-refractivity contribution in [1.29, 1.82) is 0 Å². The minimum atomic E-state index is -1.16. The van der Waals surface area contributed by atoms with Crippen molar-refractivity contribution in [1.82, 2.24) is 20.6 Å². The average Bonchev–Trinajstić information content (AvgIpc) is 3.40. The predicted octanol–water partition coefficient (Wildman–Crippen LogP) is 4.37. The van der Waals surface area contributed by atoms with E-state index >= 15 is 0 Å². The number of hydrogen-bond acceptors (Lipinski definition) is 6. The number of benzene rings is 3. The van der Waals surface area contributed by atoms with Gasteiger partial charge in [-0.05, 0) is 34.5 Å². The summed E-state index contributed by atoms with van der Waals surface area (Å²) in [4.78, 5) is 12.2. The van der Waals surface area contributed by atoms with Crippen molar-refractivity contribution in [2.75, 3.05) is 0 Å². The van der Waals surface area contributed by atoms with E-state index in [9.17, 15) is 15.1 Å². The van der Waals surface area contributed by atoms with Gasteiger partial charge in [0.1, 0.15) is 11.3 Å². The molecule has 0 saturated carbocycles. The fraction of sp³-hybridized carbons (Fsp3) is 0.0800. The van der Waals surface area contributed by atoms with Crippen molar-refractivity contribution in [3.63, 3.8) is 0 Å². The third-order valence-corrected chi connectivity index (χ3v) is 5.57. The summed E-state index contributed by atoms with van der Waals surface area (Å²) in [5.74, 6) is -0.227. The smallest absolute Gasteiger partial charge is 0.340 e. The first-order valence-corrected chi connectivity index (χ1v) is 10.6. The minimum Gasteiger partial charge on any atom is -0.618 e. The van der Waals surface area contributed by atoms with Gasteiger partial charge in [-0.3, -0.25) is 0 Å². The molecule has 2 N–H and O–H groups in total. The molecule has 2 heterocycles. The van der Waals surface area contributed by atoms with Crippen LogP contribution in [0.2, 0.25) is 0 Å². The van der Waals surface area contributed by atoms with E-state index in [2.05, 4.69) is 20.6 Å². The van der Waals surface area contributed by atoms with Gasteiger partial charge in [0, 0.05) is 18.1 Å². The van der Waals surface area contributed by atoms with Gasteiger partial charge in [-0.15, -0.1) is 10.2 Å². The fourth-order valence-corrected chi connectivity index (χ4v) is 4.02. The Labute approximate surface area is 193 Å². The number of nitrogens with zero attached hydrogens (tertiary/aromatic N) is 4. The van der Waals surface area contributed by atoms with Crippen LogP contribution < -0.4 is 9.47 Å². The van der Waals surface area contributed by atoms with Gasteiger partial charge in [-0.2, -0.15) is 9.94 Å². The first-order chi connectivity index (χ1) is 16.6. The highest BCUT2D eigenvalue weighted by atomic mass is 16.5. The topological polar surface area (TPSA) is 128 Å². The summed E-state index contributed by atoms with van der Waals surface area (Å²) in [5.41, 5.74) is 3.11. The number of para-hydroxylation sites is 1. The highest BCUT2D eigenvalue weighted by Crippen LogP contribution is 2.35. The molecule has 5 rings (SSSR count). The van der Waals surface area contributed by atoms with Crippen LogP contribution in [0.25, 0.3) is 33.4 Å². The second-order valence-corrected chi connectivity index (χ2v) is 7.53. The lowest BCUT2D eigenvalue weighted by Gasteiger charge is -2.16. The molecule has 0 aliphatic heterocycles. The van der Waals surface area contributed by atoms with Gasteiger partial charge >= 0.3 is 5.97 Å². The van der Waals surface area contributed by atoms with E-state index in [1.807, 2.05) is 36.4 Å². The van der Waals surface area contributed by atoms with E-state index in [1.54, 1.807) is 43.3 Å². The van der Waals surface area contributed by atoms with E-state index in [1.165, 1.54) is 0 Å². The number of tetrazole rings is 1. The molecule has 0 fully saturated rings. The first-order valence-electron chi connectivity index (χ1n) is 10.6. The van der Waals surface area contributed by atoms with Crippen LogP contribution in [-0.2, 0) is 6.42 Å². The largest absolute Gasteiger partial charge is 0.618 e. The number of H-pyrrole nitrogens is 1. The summed E-state index contributed by atoms with van der Waals surface area (Å²) in [6, 6.07) is 21.4. The van der Waals surface area contributed by atoms with Gasteiger partial charge in [-0.25, -0.2) is 4.79 Å². The molecule has 0 aliphatic rings. The van der Waals surface area contributed by atoms with E-state index in [0.29, 0.717) is 23.4 Å². The maximum Gasteiger partial charge on any atom is 0.340 e. The predicted molar refractivity (Wildman–Crippen MR) is 124 cm³/mol. The van der Waals surface area contributed by atoms with Crippen molar-refractivity contribution >= 4 is 16.9 Å². The number of carboxylic acid groups (broad SMARTS) is 1. The molecular formula is C25H19N5O4. The summed E-state index contributed by atoms with van der Waals surface area (Å²) in [6.45, 7) is 1.79. The third kappa shape index (κ3) is 3.58. The maximum absolute atomic E-state index is 13.0. The molecule has 9 heteroatoms. The number of fused-ring (bicyclic) bond motifs is 1. The molecule has 3 aromatic carbocycles. The van der Waals surface area contributed by atoms with Crippen molar-refractivity contribution in [2.24, 2.45) is 0 Å². The Morgan fingerprint density at radius 1 is 1.03 bits per heavy atom. The molecule has 0 atom stereocenters. The van der Waals surface area contributed by atoms with Gasteiger partial charge in [0.05, 0.1) is 5.39 Å². The second-order valence-electron chi connectivity index (χ2n) is 7.53. The Kier molecular flexibility index (Phi) is 5.35. The van der Waals surface area contributed by atoms with Gasteiger partial charge < -0.3 is 15.1 Å². The van der Waals surface area contributed by atoms with Crippen LogP contribution in [0.1, 0.15) is 23.0 Å². The van der Waals surface area contributed by atoms with Crippen LogP contribution in [-0.4, -0.2) is 31.7 Å². The Morgan fingerprint density at radius 2 is 1.74 bits per heavy atom. The highest BCUT2D eigenvalue weighted by molar-refractivity contribution is 6.04. The monoisotopic (exact) mass is 453 g/mol.